The molecule has 2 aromatic heterocycles. The topological polar surface area (TPSA) is 68.0 Å². The van der Waals surface area contributed by atoms with Gasteiger partial charge in [0.25, 0.3) is 0 Å². The Labute approximate surface area is 109 Å². The summed E-state index contributed by atoms with van der Waals surface area (Å²) in [6, 6.07) is 8.79. The molecule has 0 aliphatic rings. The van der Waals surface area contributed by atoms with Crippen LogP contribution in [-0.4, -0.2) is 25.6 Å². The second kappa shape index (κ2) is 4.53. The lowest BCUT2D eigenvalue weighted by Gasteiger charge is -2.04. The summed E-state index contributed by atoms with van der Waals surface area (Å²) in [5.41, 5.74) is 1.15. The summed E-state index contributed by atoms with van der Waals surface area (Å²) in [5.74, 6) is -0.230. The van der Waals surface area contributed by atoms with E-state index in [1.165, 1.54) is 0 Å². The van der Waals surface area contributed by atoms with E-state index in [0.29, 0.717) is 12.4 Å². The van der Waals surface area contributed by atoms with Crippen LogP contribution in [-0.2, 0) is 6.54 Å². The molecule has 0 aliphatic carbocycles. The normalized spacial score (nSPS) is 10.7. The van der Waals surface area contributed by atoms with Crippen LogP contribution in [0.15, 0.2) is 48.9 Å². The summed E-state index contributed by atoms with van der Waals surface area (Å²) >= 11 is 0. The van der Waals surface area contributed by atoms with Crippen LogP contribution in [0.4, 0.5) is 0 Å². The van der Waals surface area contributed by atoms with Crippen molar-refractivity contribution in [1.29, 1.82) is 0 Å². The summed E-state index contributed by atoms with van der Waals surface area (Å²) in [4.78, 5) is 19.3. The molecule has 0 saturated heterocycles. The number of hydrogen-bond donors (Lipinski definition) is 1. The maximum Gasteiger partial charge on any atom is 0.335 e. The van der Waals surface area contributed by atoms with Crippen LogP contribution < -0.4 is 0 Å². The molecule has 5 nitrogen and oxygen atoms in total. The van der Waals surface area contributed by atoms with Gasteiger partial charge in [0.2, 0.25) is 0 Å². The number of hydrogen-bond acceptors (Lipinski definition) is 3. The highest BCUT2D eigenvalue weighted by atomic mass is 16.4. The third kappa shape index (κ3) is 2.18. The van der Waals surface area contributed by atoms with Crippen LogP contribution in [0.3, 0.4) is 0 Å². The molecule has 3 rings (SSSR count). The number of carboxylic acid groups (broad SMARTS) is 1. The van der Waals surface area contributed by atoms with Gasteiger partial charge in [-0.1, -0.05) is 6.07 Å². The smallest absolute Gasteiger partial charge is 0.335 e. The SMILES string of the molecule is O=C(O)c1ccc2ccn(Cc3ncccn3)c2c1. The summed E-state index contributed by atoms with van der Waals surface area (Å²) < 4.78 is 1.94. The lowest BCUT2D eigenvalue weighted by Crippen LogP contribution is -2.03. The van der Waals surface area contributed by atoms with Crippen molar-refractivity contribution in [2.45, 2.75) is 6.54 Å². The fourth-order valence-electron chi connectivity index (χ4n) is 2.02. The Kier molecular flexibility index (Phi) is 2.72. The second-order valence-corrected chi connectivity index (χ2v) is 4.19. The van der Waals surface area contributed by atoms with E-state index >= 15 is 0 Å². The molecule has 0 radical (unpaired) electrons. The van der Waals surface area contributed by atoms with Crippen LogP contribution in [0.2, 0.25) is 0 Å². The Morgan fingerprint density at radius 1 is 1.21 bits per heavy atom. The van der Waals surface area contributed by atoms with Crippen LogP contribution in [0.5, 0.6) is 0 Å². The predicted octanol–water partition coefficient (Wildman–Crippen LogP) is 2.18. The largest absolute Gasteiger partial charge is 0.478 e. The van der Waals surface area contributed by atoms with Crippen molar-refractivity contribution in [1.82, 2.24) is 14.5 Å². The number of rotatable bonds is 3. The minimum Gasteiger partial charge on any atom is -0.478 e. The van der Waals surface area contributed by atoms with Gasteiger partial charge in [0, 0.05) is 24.1 Å². The molecule has 0 aliphatic heterocycles. The zero-order valence-electron chi connectivity index (χ0n) is 10.0. The third-order valence-electron chi connectivity index (χ3n) is 2.95. The van der Waals surface area contributed by atoms with E-state index in [9.17, 15) is 4.79 Å². The molecule has 0 saturated carbocycles. The number of aromatic carboxylic acids is 1. The zero-order valence-corrected chi connectivity index (χ0v) is 10.0. The molecule has 2 heterocycles. The molecule has 19 heavy (non-hydrogen) atoms. The molecule has 0 atom stereocenters. The lowest BCUT2D eigenvalue weighted by atomic mass is 10.1. The number of fused-ring (bicyclic) bond motifs is 1. The molecule has 1 aromatic carbocycles. The number of aromatic nitrogens is 3. The van der Waals surface area contributed by atoms with Gasteiger partial charge in [-0.05, 0) is 29.7 Å². The predicted molar refractivity (Wildman–Crippen MR) is 70.0 cm³/mol. The van der Waals surface area contributed by atoms with Crippen molar-refractivity contribution < 1.29 is 9.90 Å². The number of carboxylic acids is 1. The number of benzene rings is 1. The molecule has 0 spiro atoms. The van der Waals surface area contributed by atoms with Gasteiger partial charge in [-0.15, -0.1) is 0 Å². The molecule has 5 heteroatoms. The fraction of sp³-hybridized carbons (Fsp3) is 0.0714. The van der Waals surface area contributed by atoms with Crippen molar-refractivity contribution in [2.24, 2.45) is 0 Å². The Morgan fingerprint density at radius 3 is 2.74 bits per heavy atom. The van der Waals surface area contributed by atoms with Crippen molar-refractivity contribution in [3.05, 3.63) is 60.3 Å². The van der Waals surface area contributed by atoms with Gasteiger partial charge in [0.15, 0.2) is 0 Å². The van der Waals surface area contributed by atoms with E-state index in [4.69, 9.17) is 5.11 Å². The van der Waals surface area contributed by atoms with E-state index in [2.05, 4.69) is 9.97 Å². The highest BCUT2D eigenvalue weighted by molar-refractivity contribution is 5.93. The molecule has 0 bridgehead atoms. The van der Waals surface area contributed by atoms with Crippen LogP contribution in [0.25, 0.3) is 10.9 Å². The van der Waals surface area contributed by atoms with E-state index in [-0.39, 0.29) is 5.56 Å². The zero-order chi connectivity index (χ0) is 13.2. The Balaban J connectivity index is 2.04. The van der Waals surface area contributed by atoms with Gasteiger partial charge in [0.1, 0.15) is 5.82 Å². The van der Waals surface area contributed by atoms with Crippen LogP contribution in [0, 0.1) is 0 Å². The van der Waals surface area contributed by atoms with Gasteiger partial charge in [-0.25, -0.2) is 14.8 Å². The molecule has 0 amide bonds. The van der Waals surface area contributed by atoms with Crippen molar-refractivity contribution in [3.8, 4) is 0 Å². The first-order valence-electron chi connectivity index (χ1n) is 5.82. The van der Waals surface area contributed by atoms with Gasteiger partial charge >= 0.3 is 5.97 Å². The van der Waals surface area contributed by atoms with E-state index < -0.39 is 5.97 Å². The maximum absolute atomic E-state index is 11.0. The quantitative estimate of drug-likeness (QED) is 0.776. The van der Waals surface area contributed by atoms with E-state index in [1.807, 2.05) is 16.8 Å². The van der Waals surface area contributed by atoms with Crippen LogP contribution in [0.1, 0.15) is 16.2 Å². The van der Waals surface area contributed by atoms with E-state index in [1.54, 1.807) is 36.7 Å². The molecule has 0 unspecified atom stereocenters. The molecule has 3 aromatic rings. The van der Waals surface area contributed by atoms with E-state index in [0.717, 1.165) is 10.9 Å². The Bertz CT molecular complexity index is 735. The first-order valence-corrected chi connectivity index (χ1v) is 5.82. The average molecular weight is 253 g/mol. The third-order valence-corrected chi connectivity index (χ3v) is 2.95. The summed E-state index contributed by atoms with van der Waals surface area (Å²) in [6.45, 7) is 0.521. The highest BCUT2D eigenvalue weighted by Gasteiger charge is 2.07. The number of carbonyl (C=O) groups is 1. The van der Waals surface area contributed by atoms with Crippen molar-refractivity contribution in [2.75, 3.05) is 0 Å². The van der Waals surface area contributed by atoms with Crippen molar-refractivity contribution in [3.63, 3.8) is 0 Å². The molecule has 94 valence electrons. The molecule has 1 N–H and O–H groups in total. The van der Waals surface area contributed by atoms with Gasteiger partial charge < -0.3 is 9.67 Å². The number of nitrogens with zero attached hydrogens (tertiary/aromatic N) is 3. The lowest BCUT2D eigenvalue weighted by molar-refractivity contribution is 0.0697. The first-order chi connectivity index (χ1) is 9.24. The molecular weight excluding hydrogens is 242 g/mol. The van der Waals surface area contributed by atoms with Gasteiger partial charge in [-0.3, -0.25) is 0 Å². The average Bonchev–Trinajstić information content (AvgIpc) is 2.82. The minimum absolute atomic E-state index is 0.279. The summed E-state index contributed by atoms with van der Waals surface area (Å²) in [5, 5.41) is 10.0. The summed E-state index contributed by atoms with van der Waals surface area (Å²) in [7, 11) is 0. The van der Waals surface area contributed by atoms with Gasteiger partial charge in [-0.2, -0.15) is 0 Å². The highest BCUT2D eigenvalue weighted by Crippen LogP contribution is 2.18. The second-order valence-electron chi connectivity index (χ2n) is 4.19. The van der Waals surface area contributed by atoms with Crippen LogP contribution >= 0.6 is 0 Å². The molecular formula is C14H11N3O2. The fourth-order valence-corrected chi connectivity index (χ4v) is 2.02. The first kappa shape index (κ1) is 11.4. The minimum atomic E-state index is -0.925. The Morgan fingerprint density at radius 2 is 2.00 bits per heavy atom. The summed E-state index contributed by atoms with van der Waals surface area (Å²) in [6.07, 6.45) is 5.29. The standard InChI is InChI=1S/C14H11N3O2/c18-14(19)11-3-2-10-4-7-17(12(10)8-11)9-13-15-5-1-6-16-13/h1-8H,9H2,(H,18,19). The monoisotopic (exact) mass is 253 g/mol. The van der Waals surface area contributed by atoms with Crippen molar-refractivity contribution >= 4 is 16.9 Å². The van der Waals surface area contributed by atoms with Gasteiger partial charge in [0.05, 0.1) is 12.1 Å². The Hall–Kier alpha value is -2.69. The molecule has 0 fully saturated rings. The maximum atomic E-state index is 11.0.